The Morgan fingerprint density at radius 2 is 1.08 bits per heavy atom. The van der Waals surface area contributed by atoms with E-state index in [9.17, 15) is 0 Å². The summed E-state index contributed by atoms with van der Waals surface area (Å²) < 4.78 is 0. The third-order valence-corrected chi connectivity index (χ3v) is 2.68. The summed E-state index contributed by atoms with van der Waals surface area (Å²) in [5.74, 6) is 2.05. The molecule has 0 heterocycles. The van der Waals surface area contributed by atoms with Crippen LogP contribution in [0.15, 0.2) is 25.3 Å². The van der Waals surface area contributed by atoms with Crippen LogP contribution < -0.4 is 37.2 Å². The van der Waals surface area contributed by atoms with Gasteiger partial charge in [0.05, 0.1) is 0 Å². The van der Waals surface area contributed by atoms with Gasteiger partial charge in [0.15, 0.2) is 0 Å². The van der Waals surface area contributed by atoms with Crippen molar-refractivity contribution in [3.63, 3.8) is 0 Å². The monoisotopic (exact) mass is 278 g/mol. The standard InChI is InChI=1S/C6H10S2.Al.3ClH/c1-3-5-7-8-6-4-2;;;;/h3-4H,1-2,5-6H2;;3*1H/q;+3;;;/p-3. The molecule has 0 aromatic carbocycles. The van der Waals surface area contributed by atoms with Crippen molar-refractivity contribution in [1.29, 1.82) is 0 Å². The smallest absolute Gasteiger partial charge is 1.00 e. The molecule has 0 radical (unpaired) electrons. The fraction of sp³-hybridized carbons (Fsp3) is 0.333. The summed E-state index contributed by atoms with van der Waals surface area (Å²) in [6.07, 6.45) is 3.81. The number of hydrogen-bond acceptors (Lipinski definition) is 2. The minimum Gasteiger partial charge on any atom is -1.00 e. The largest absolute Gasteiger partial charge is 3.00 e. The second kappa shape index (κ2) is 29.4. The van der Waals surface area contributed by atoms with Crippen LogP contribution in [0, 0.1) is 0 Å². The van der Waals surface area contributed by atoms with Crippen LogP contribution in [0.25, 0.3) is 0 Å². The normalized spacial score (nSPS) is 5.67. The predicted octanol–water partition coefficient (Wildman–Crippen LogP) is -6.63. The fourth-order valence-corrected chi connectivity index (χ4v) is 1.73. The first-order valence-corrected chi connectivity index (χ1v) is 4.87. The van der Waals surface area contributed by atoms with Gasteiger partial charge in [-0.2, -0.15) is 0 Å². The summed E-state index contributed by atoms with van der Waals surface area (Å²) >= 11 is 0. The molecule has 0 rings (SSSR count). The van der Waals surface area contributed by atoms with E-state index in [2.05, 4.69) is 13.2 Å². The molecule has 0 fully saturated rings. The molecule has 0 unspecified atom stereocenters. The number of rotatable bonds is 5. The Labute approximate surface area is 112 Å². The fourth-order valence-electron chi connectivity index (χ4n) is 0.192. The van der Waals surface area contributed by atoms with Gasteiger partial charge in [0.25, 0.3) is 0 Å². The van der Waals surface area contributed by atoms with Crippen LogP contribution in [0.5, 0.6) is 0 Å². The molecule has 0 atom stereocenters. The van der Waals surface area contributed by atoms with Crippen LogP contribution in [0.3, 0.4) is 0 Å². The van der Waals surface area contributed by atoms with Crippen LogP contribution in [0.4, 0.5) is 0 Å². The molecule has 0 aliphatic carbocycles. The summed E-state index contributed by atoms with van der Waals surface area (Å²) in [5, 5.41) is 0. The van der Waals surface area contributed by atoms with Crippen LogP contribution in [0.2, 0.25) is 0 Å². The van der Waals surface area contributed by atoms with Crippen molar-refractivity contribution in [3.8, 4) is 0 Å². The first-order valence-electron chi connectivity index (χ1n) is 2.38. The van der Waals surface area contributed by atoms with Gasteiger partial charge in [-0.15, -0.1) is 13.2 Å². The van der Waals surface area contributed by atoms with Crippen molar-refractivity contribution in [1.82, 2.24) is 0 Å². The minimum atomic E-state index is 0. The molecular formula is C6H10AlCl3S2. The molecule has 0 spiro atoms. The van der Waals surface area contributed by atoms with Gasteiger partial charge in [-0.25, -0.2) is 0 Å². The van der Waals surface area contributed by atoms with Gasteiger partial charge in [-0.3, -0.25) is 0 Å². The SMILES string of the molecule is C=CCSSCC=C.[Al+3].[Cl-].[Cl-].[Cl-]. The summed E-state index contributed by atoms with van der Waals surface area (Å²) in [5.41, 5.74) is 0. The summed E-state index contributed by atoms with van der Waals surface area (Å²) in [4.78, 5) is 0. The molecule has 0 aromatic heterocycles. The molecule has 0 amide bonds. The molecule has 0 aliphatic heterocycles. The van der Waals surface area contributed by atoms with E-state index in [1.54, 1.807) is 21.6 Å². The van der Waals surface area contributed by atoms with Gasteiger partial charge in [0, 0.05) is 11.5 Å². The van der Waals surface area contributed by atoms with Crippen LogP contribution in [-0.2, 0) is 0 Å². The topological polar surface area (TPSA) is 0 Å². The van der Waals surface area contributed by atoms with Crippen molar-refractivity contribution < 1.29 is 37.2 Å². The number of halogens is 3. The Morgan fingerprint density at radius 3 is 1.25 bits per heavy atom. The van der Waals surface area contributed by atoms with Gasteiger partial charge in [0.2, 0.25) is 0 Å². The Bertz CT molecular complexity index is 73.2. The molecule has 12 heavy (non-hydrogen) atoms. The molecule has 70 valence electrons. The molecular weight excluding hydrogens is 270 g/mol. The van der Waals surface area contributed by atoms with Crippen LogP contribution >= 0.6 is 21.6 Å². The minimum absolute atomic E-state index is 0. The van der Waals surface area contributed by atoms with Crippen molar-refractivity contribution >= 4 is 38.9 Å². The van der Waals surface area contributed by atoms with E-state index in [-0.39, 0.29) is 54.6 Å². The molecule has 0 bridgehead atoms. The van der Waals surface area contributed by atoms with E-state index in [1.807, 2.05) is 12.2 Å². The van der Waals surface area contributed by atoms with Gasteiger partial charge in [-0.05, 0) is 0 Å². The van der Waals surface area contributed by atoms with Gasteiger partial charge in [0.1, 0.15) is 0 Å². The first-order chi connectivity index (χ1) is 3.91. The first kappa shape index (κ1) is 29.2. The Balaban J connectivity index is -0.0000000408. The van der Waals surface area contributed by atoms with Gasteiger partial charge < -0.3 is 37.2 Å². The Morgan fingerprint density at radius 1 is 0.833 bits per heavy atom. The maximum Gasteiger partial charge on any atom is 3.00 e. The molecule has 0 aliphatic rings. The van der Waals surface area contributed by atoms with Crippen LogP contribution in [-0.4, -0.2) is 28.9 Å². The average molecular weight is 280 g/mol. The van der Waals surface area contributed by atoms with Gasteiger partial charge >= 0.3 is 17.4 Å². The maximum absolute atomic E-state index is 3.60. The number of hydrogen-bond donors (Lipinski definition) is 0. The van der Waals surface area contributed by atoms with Crippen molar-refractivity contribution in [2.75, 3.05) is 11.5 Å². The van der Waals surface area contributed by atoms with E-state index in [0.717, 1.165) is 11.5 Å². The molecule has 0 saturated heterocycles. The third kappa shape index (κ3) is 29.9. The predicted molar refractivity (Wildman–Crippen MR) is 51.1 cm³/mol. The van der Waals surface area contributed by atoms with Gasteiger partial charge in [-0.1, -0.05) is 33.7 Å². The molecule has 0 N–H and O–H groups in total. The van der Waals surface area contributed by atoms with Crippen molar-refractivity contribution in [3.05, 3.63) is 25.3 Å². The Hall–Kier alpha value is 1.58. The third-order valence-electron chi connectivity index (χ3n) is 0.455. The van der Waals surface area contributed by atoms with E-state index in [1.165, 1.54) is 0 Å². The van der Waals surface area contributed by atoms with E-state index < -0.39 is 0 Å². The zero-order valence-corrected chi connectivity index (χ0v) is 11.6. The summed E-state index contributed by atoms with van der Waals surface area (Å²) in [7, 11) is 3.61. The second-order valence-electron chi connectivity index (χ2n) is 1.15. The van der Waals surface area contributed by atoms with Crippen LogP contribution in [0.1, 0.15) is 0 Å². The quantitative estimate of drug-likeness (QED) is 0.212. The van der Waals surface area contributed by atoms with Crippen molar-refractivity contribution in [2.24, 2.45) is 0 Å². The summed E-state index contributed by atoms with van der Waals surface area (Å²) in [6, 6.07) is 0. The molecule has 6 heteroatoms. The maximum atomic E-state index is 3.60. The summed E-state index contributed by atoms with van der Waals surface area (Å²) in [6.45, 7) is 7.20. The zero-order chi connectivity index (χ0) is 6.24. The molecule has 0 nitrogen and oxygen atoms in total. The van der Waals surface area contributed by atoms with E-state index >= 15 is 0 Å². The van der Waals surface area contributed by atoms with Crippen molar-refractivity contribution in [2.45, 2.75) is 0 Å². The average Bonchev–Trinajstić information content (AvgIpc) is 1.81. The molecule has 0 saturated carbocycles. The van der Waals surface area contributed by atoms with E-state index in [4.69, 9.17) is 0 Å². The van der Waals surface area contributed by atoms with E-state index in [0.29, 0.717) is 0 Å². The Kier molecular flexibility index (Phi) is 71.4. The second-order valence-corrected chi connectivity index (χ2v) is 3.70. The molecule has 0 aromatic rings. The zero-order valence-electron chi connectivity index (χ0n) is 6.51.